The zero-order valence-corrected chi connectivity index (χ0v) is 13.4. The van der Waals surface area contributed by atoms with Crippen LogP contribution >= 0.6 is 0 Å². The summed E-state index contributed by atoms with van der Waals surface area (Å²) >= 11 is 0. The molecule has 25 heavy (non-hydrogen) atoms. The fourth-order valence-corrected chi connectivity index (χ4v) is 2.73. The summed E-state index contributed by atoms with van der Waals surface area (Å²) in [6.45, 7) is 0.427. The van der Waals surface area contributed by atoms with Crippen molar-refractivity contribution >= 4 is 29.2 Å². The molecule has 0 aromatic heterocycles. The molecule has 2 aromatic carbocycles. The predicted molar refractivity (Wildman–Crippen MR) is 94.3 cm³/mol. The molecule has 2 aromatic rings. The molecule has 0 saturated carbocycles. The monoisotopic (exact) mass is 338 g/mol. The van der Waals surface area contributed by atoms with Crippen LogP contribution in [0.1, 0.15) is 16.8 Å². The Morgan fingerprint density at radius 2 is 1.72 bits per heavy atom. The lowest BCUT2D eigenvalue weighted by Crippen LogP contribution is -2.39. The van der Waals surface area contributed by atoms with E-state index in [9.17, 15) is 14.4 Å². The lowest BCUT2D eigenvalue weighted by Gasteiger charge is -2.17. The fourth-order valence-electron chi connectivity index (χ4n) is 2.73. The van der Waals surface area contributed by atoms with E-state index in [0.29, 0.717) is 17.8 Å². The molecule has 0 radical (unpaired) electrons. The summed E-state index contributed by atoms with van der Waals surface area (Å²) in [6, 6.07) is 14.9. The second-order valence-corrected chi connectivity index (χ2v) is 5.78. The van der Waals surface area contributed by atoms with Gasteiger partial charge in [-0.15, -0.1) is 0 Å². The number of carbonyl (C=O) groups excluding carboxylic acids is 3. The molecule has 1 aliphatic heterocycles. The van der Waals surface area contributed by atoms with E-state index in [1.54, 1.807) is 17.0 Å². The highest BCUT2D eigenvalue weighted by Gasteiger charge is 2.31. The van der Waals surface area contributed by atoms with Gasteiger partial charge in [-0.1, -0.05) is 18.2 Å². The van der Waals surface area contributed by atoms with Crippen LogP contribution in [0.3, 0.4) is 0 Å². The number of hydrogen-bond acceptors (Lipinski definition) is 3. The number of nitrogens with two attached hydrogens (primary N) is 1. The van der Waals surface area contributed by atoms with Crippen LogP contribution in [-0.4, -0.2) is 30.4 Å². The topological polar surface area (TPSA) is 105 Å². The van der Waals surface area contributed by atoms with Crippen molar-refractivity contribution in [3.8, 4) is 0 Å². The highest BCUT2D eigenvalue weighted by molar-refractivity contribution is 5.98. The van der Waals surface area contributed by atoms with Crippen molar-refractivity contribution < 1.29 is 14.4 Å². The van der Waals surface area contributed by atoms with E-state index in [1.807, 2.05) is 30.3 Å². The van der Waals surface area contributed by atoms with Gasteiger partial charge in [-0.3, -0.25) is 9.59 Å². The minimum absolute atomic E-state index is 0.0256. The molecule has 1 saturated heterocycles. The average molecular weight is 338 g/mol. The standard InChI is InChI=1S/C18H18N4O3/c19-17(24)12-6-8-13(9-7-12)20-18(25)21-14-10-16(23)22(11-14)15-4-2-1-3-5-15/h1-9,14H,10-11H2,(H2,19,24)(H2,20,21,25)/t14-/m0/s1. The van der Waals surface area contributed by atoms with Gasteiger partial charge in [0.25, 0.3) is 0 Å². The maximum Gasteiger partial charge on any atom is 0.319 e. The van der Waals surface area contributed by atoms with Crippen molar-refractivity contribution in [3.05, 3.63) is 60.2 Å². The number of benzene rings is 2. The van der Waals surface area contributed by atoms with E-state index >= 15 is 0 Å². The quantitative estimate of drug-likeness (QED) is 0.790. The molecule has 1 aliphatic rings. The van der Waals surface area contributed by atoms with E-state index < -0.39 is 11.9 Å². The number of amides is 4. The van der Waals surface area contributed by atoms with Gasteiger partial charge >= 0.3 is 6.03 Å². The number of para-hydroxylation sites is 1. The van der Waals surface area contributed by atoms with Gasteiger partial charge in [0.1, 0.15) is 0 Å². The van der Waals surface area contributed by atoms with Crippen LogP contribution in [-0.2, 0) is 4.79 Å². The van der Waals surface area contributed by atoms with Crippen molar-refractivity contribution in [2.75, 3.05) is 16.8 Å². The summed E-state index contributed by atoms with van der Waals surface area (Å²) in [6.07, 6.45) is 0.253. The van der Waals surface area contributed by atoms with E-state index in [0.717, 1.165) is 5.69 Å². The van der Waals surface area contributed by atoms with E-state index in [-0.39, 0.29) is 18.4 Å². The third-order valence-corrected chi connectivity index (χ3v) is 3.96. The van der Waals surface area contributed by atoms with Gasteiger partial charge in [0.05, 0.1) is 6.04 Å². The summed E-state index contributed by atoms with van der Waals surface area (Å²) in [7, 11) is 0. The molecule has 4 amide bonds. The fraction of sp³-hybridized carbons (Fsp3) is 0.167. The molecule has 1 atom stereocenters. The third kappa shape index (κ3) is 3.95. The molecule has 1 fully saturated rings. The van der Waals surface area contributed by atoms with Gasteiger partial charge in [0.2, 0.25) is 11.8 Å². The molecule has 0 unspecified atom stereocenters. The molecule has 128 valence electrons. The van der Waals surface area contributed by atoms with E-state index in [4.69, 9.17) is 5.73 Å². The Hall–Kier alpha value is -3.35. The lowest BCUT2D eigenvalue weighted by molar-refractivity contribution is -0.117. The molecule has 0 spiro atoms. The Bertz CT molecular complexity index is 790. The van der Waals surface area contributed by atoms with Crippen LogP contribution in [0, 0.1) is 0 Å². The van der Waals surface area contributed by atoms with Crippen molar-refractivity contribution in [3.63, 3.8) is 0 Å². The minimum Gasteiger partial charge on any atom is -0.366 e. The van der Waals surface area contributed by atoms with Gasteiger partial charge < -0.3 is 21.3 Å². The highest BCUT2D eigenvalue weighted by Crippen LogP contribution is 2.21. The number of nitrogens with one attached hydrogen (secondary N) is 2. The number of carbonyl (C=O) groups is 3. The van der Waals surface area contributed by atoms with Crippen molar-refractivity contribution in [1.29, 1.82) is 0 Å². The molecule has 4 N–H and O–H groups in total. The summed E-state index contributed by atoms with van der Waals surface area (Å²) in [4.78, 5) is 36.9. The summed E-state index contributed by atoms with van der Waals surface area (Å²) in [5.41, 5.74) is 6.89. The number of anilines is 2. The minimum atomic E-state index is -0.526. The van der Waals surface area contributed by atoms with Gasteiger partial charge in [-0.2, -0.15) is 0 Å². The number of urea groups is 1. The van der Waals surface area contributed by atoms with Crippen LogP contribution in [0.15, 0.2) is 54.6 Å². The van der Waals surface area contributed by atoms with Crippen LogP contribution in [0.25, 0.3) is 0 Å². The summed E-state index contributed by atoms with van der Waals surface area (Å²) < 4.78 is 0. The number of nitrogens with zero attached hydrogens (tertiary/aromatic N) is 1. The first kappa shape index (κ1) is 16.5. The Labute approximate surface area is 144 Å². The van der Waals surface area contributed by atoms with Crippen LogP contribution in [0.5, 0.6) is 0 Å². The van der Waals surface area contributed by atoms with Crippen LogP contribution in [0.2, 0.25) is 0 Å². The molecule has 0 bridgehead atoms. The molecule has 0 aliphatic carbocycles. The predicted octanol–water partition coefficient (Wildman–Crippen LogP) is 1.71. The third-order valence-electron chi connectivity index (χ3n) is 3.96. The molecule has 7 nitrogen and oxygen atoms in total. The molecule has 7 heteroatoms. The number of primary amides is 1. The maximum absolute atomic E-state index is 12.1. The van der Waals surface area contributed by atoms with Gasteiger partial charge in [0.15, 0.2) is 0 Å². The largest absolute Gasteiger partial charge is 0.366 e. The first-order valence-corrected chi connectivity index (χ1v) is 7.86. The first-order valence-electron chi connectivity index (χ1n) is 7.86. The zero-order valence-electron chi connectivity index (χ0n) is 13.4. The Kier molecular flexibility index (Phi) is 4.65. The normalized spacial score (nSPS) is 16.6. The van der Waals surface area contributed by atoms with Crippen molar-refractivity contribution in [2.45, 2.75) is 12.5 Å². The molecule has 1 heterocycles. The van der Waals surface area contributed by atoms with Crippen LogP contribution in [0.4, 0.5) is 16.2 Å². The Morgan fingerprint density at radius 3 is 2.36 bits per heavy atom. The average Bonchev–Trinajstić information content (AvgIpc) is 2.96. The zero-order chi connectivity index (χ0) is 17.8. The smallest absolute Gasteiger partial charge is 0.319 e. The summed E-state index contributed by atoms with van der Waals surface area (Å²) in [5, 5.41) is 5.46. The van der Waals surface area contributed by atoms with Crippen molar-refractivity contribution in [1.82, 2.24) is 5.32 Å². The molecule has 3 rings (SSSR count). The molecular weight excluding hydrogens is 320 g/mol. The maximum atomic E-state index is 12.1. The second kappa shape index (κ2) is 7.04. The Morgan fingerprint density at radius 1 is 1.04 bits per heavy atom. The van der Waals surface area contributed by atoms with E-state index in [2.05, 4.69) is 10.6 Å². The SMILES string of the molecule is NC(=O)c1ccc(NC(=O)N[C@H]2CC(=O)N(c3ccccc3)C2)cc1. The highest BCUT2D eigenvalue weighted by atomic mass is 16.2. The van der Waals surface area contributed by atoms with E-state index in [1.165, 1.54) is 12.1 Å². The number of hydrogen-bond donors (Lipinski definition) is 3. The summed E-state index contributed by atoms with van der Waals surface area (Å²) in [5.74, 6) is -0.552. The van der Waals surface area contributed by atoms with Crippen molar-refractivity contribution in [2.24, 2.45) is 5.73 Å². The van der Waals surface area contributed by atoms with Gasteiger partial charge in [-0.25, -0.2) is 4.79 Å². The lowest BCUT2D eigenvalue weighted by atomic mass is 10.2. The first-order chi connectivity index (χ1) is 12.0. The van der Waals surface area contributed by atoms with Crippen LogP contribution < -0.4 is 21.3 Å². The Balaban J connectivity index is 1.56. The van der Waals surface area contributed by atoms with Gasteiger partial charge in [-0.05, 0) is 36.4 Å². The van der Waals surface area contributed by atoms with Gasteiger partial charge in [0, 0.05) is 29.9 Å². The second-order valence-electron chi connectivity index (χ2n) is 5.78. The molecular formula is C18H18N4O3. The number of rotatable bonds is 4.